The van der Waals surface area contributed by atoms with Crippen LogP contribution in [0.1, 0.15) is 44.1 Å². The lowest BCUT2D eigenvalue weighted by Crippen LogP contribution is -2.54. The van der Waals surface area contributed by atoms with Gasteiger partial charge in [0, 0.05) is 18.5 Å². The van der Waals surface area contributed by atoms with Crippen LogP contribution >= 0.6 is 11.3 Å². The van der Waals surface area contributed by atoms with Gasteiger partial charge in [-0.1, -0.05) is 5.57 Å². The molecule has 2 heterocycles. The Morgan fingerprint density at radius 3 is 2.65 bits per heavy atom. The summed E-state index contributed by atoms with van der Waals surface area (Å²) in [6.45, 7) is 6.00. The van der Waals surface area contributed by atoms with Crippen molar-refractivity contribution < 1.29 is 18.7 Å². The molecule has 2 aliphatic rings. The summed E-state index contributed by atoms with van der Waals surface area (Å²) in [7, 11) is 0. The predicted molar refractivity (Wildman–Crippen MR) is 130 cm³/mol. The van der Waals surface area contributed by atoms with Gasteiger partial charge in [-0.2, -0.15) is 0 Å². The molecule has 7 nitrogen and oxygen atoms in total. The highest BCUT2D eigenvalue weighted by molar-refractivity contribution is 7.07. The number of ether oxygens (including phenoxy) is 1. The highest BCUT2D eigenvalue weighted by Crippen LogP contribution is 2.47. The molecule has 0 bridgehead atoms. The van der Waals surface area contributed by atoms with Crippen molar-refractivity contribution >= 4 is 34.6 Å². The highest BCUT2D eigenvalue weighted by Gasteiger charge is 2.50. The maximum atomic E-state index is 13.8. The molecule has 1 aromatic heterocycles. The molecule has 4 rings (SSSR count). The Labute approximate surface area is 201 Å². The van der Waals surface area contributed by atoms with Crippen LogP contribution in [0.25, 0.3) is 0 Å². The van der Waals surface area contributed by atoms with Gasteiger partial charge in [-0.3, -0.25) is 4.79 Å². The number of rotatable bonds is 3. The first kappa shape index (κ1) is 23.8. The number of likely N-dealkylation sites (tertiary alicyclic amines) is 1. The van der Waals surface area contributed by atoms with Crippen molar-refractivity contribution in [3.63, 3.8) is 0 Å². The van der Waals surface area contributed by atoms with Crippen LogP contribution in [0.3, 0.4) is 0 Å². The highest BCUT2D eigenvalue weighted by atomic mass is 32.1. The zero-order valence-corrected chi connectivity index (χ0v) is 20.2. The first-order valence-electron chi connectivity index (χ1n) is 11.0. The third-order valence-electron chi connectivity index (χ3n) is 5.89. The van der Waals surface area contributed by atoms with Crippen molar-refractivity contribution in [1.82, 2.24) is 9.88 Å². The first-order valence-corrected chi connectivity index (χ1v) is 11.9. The average Bonchev–Trinajstić information content (AvgIpc) is 3.33. The van der Waals surface area contributed by atoms with E-state index in [2.05, 4.69) is 9.98 Å². The largest absolute Gasteiger partial charge is 0.444 e. The van der Waals surface area contributed by atoms with E-state index < -0.39 is 17.1 Å². The van der Waals surface area contributed by atoms with Crippen LogP contribution in [-0.2, 0) is 4.74 Å². The second-order valence-corrected chi connectivity index (χ2v) is 10.2. The minimum absolute atomic E-state index is 0.158. The van der Waals surface area contributed by atoms with Crippen LogP contribution in [-0.4, -0.2) is 46.2 Å². The van der Waals surface area contributed by atoms with Gasteiger partial charge >= 0.3 is 6.09 Å². The van der Waals surface area contributed by atoms with Crippen LogP contribution in [0.4, 0.5) is 14.9 Å². The smallest absolute Gasteiger partial charge is 0.410 e. The fourth-order valence-electron chi connectivity index (χ4n) is 4.31. The van der Waals surface area contributed by atoms with Crippen molar-refractivity contribution in [2.45, 2.75) is 39.2 Å². The van der Waals surface area contributed by atoms with Gasteiger partial charge in [0.05, 0.1) is 22.3 Å². The zero-order chi connectivity index (χ0) is 24.5. The maximum absolute atomic E-state index is 13.8. The molecular weight excluding hydrogens is 455 g/mol. The summed E-state index contributed by atoms with van der Waals surface area (Å²) in [5, 5.41) is 1.72. The van der Waals surface area contributed by atoms with Gasteiger partial charge in [0.25, 0.3) is 0 Å². The van der Waals surface area contributed by atoms with E-state index in [4.69, 9.17) is 10.5 Å². The number of nitrogens with two attached hydrogens (primary N) is 1. The summed E-state index contributed by atoms with van der Waals surface area (Å²) >= 11 is 1.34. The molecule has 1 aliphatic carbocycles. The summed E-state index contributed by atoms with van der Waals surface area (Å²) in [4.78, 5) is 37.2. The lowest BCUT2D eigenvalue weighted by molar-refractivity contribution is 0.0138. The van der Waals surface area contributed by atoms with Gasteiger partial charge in [0.1, 0.15) is 17.1 Å². The molecule has 2 aromatic rings. The van der Waals surface area contributed by atoms with E-state index in [9.17, 15) is 14.0 Å². The molecule has 34 heavy (non-hydrogen) atoms. The van der Waals surface area contributed by atoms with E-state index >= 15 is 0 Å². The molecule has 0 unspecified atom stereocenters. The number of thiazole rings is 1. The fourth-order valence-corrected chi connectivity index (χ4v) is 4.84. The van der Waals surface area contributed by atoms with E-state index in [0.717, 1.165) is 5.57 Å². The number of nitrogens with zero attached hydrogens (tertiary/aromatic N) is 3. The number of halogens is 1. The summed E-state index contributed by atoms with van der Waals surface area (Å²) < 4.78 is 18.9. The van der Waals surface area contributed by atoms with Gasteiger partial charge in [-0.25, -0.2) is 19.2 Å². The van der Waals surface area contributed by atoms with Gasteiger partial charge in [-0.15, -0.1) is 11.3 Å². The van der Waals surface area contributed by atoms with Gasteiger partial charge in [-0.05, 0) is 75.7 Å². The Hall–Kier alpha value is -3.33. The summed E-state index contributed by atoms with van der Waals surface area (Å²) in [6, 6.07) is 5.86. The molecule has 0 spiro atoms. The van der Waals surface area contributed by atoms with E-state index in [1.807, 2.05) is 26.8 Å². The molecule has 1 fully saturated rings. The molecule has 2 N–H and O–H groups in total. The molecular formula is C25H27FN4O3S. The minimum Gasteiger partial charge on any atom is -0.444 e. The number of carbonyl (C=O) groups is 2. The van der Waals surface area contributed by atoms with Crippen molar-refractivity contribution in [2.24, 2.45) is 16.1 Å². The molecule has 1 aliphatic heterocycles. The number of fused-ring (bicyclic) bond motifs is 1. The molecule has 178 valence electrons. The molecule has 1 amide bonds. The molecule has 1 aromatic carbocycles. The molecule has 9 heteroatoms. The molecule has 1 atom stereocenters. The van der Waals surface area contributed by atoms with Crippen molar-refractivity contribution in [2.75, 3.05) is 13.1 Å². The van der Waals surface area contributed by atoms with Crippen LogP contribution < -0.4 is 5.73 Å². The number of Topliss-reactive ketones (excluding diaryl/α,β-unsaturated/α-hetero) is 1. The Balaban J connectivity index is 1.76. The third kappa shape index (κ3) is 4.79. The number of amides is 1. The fraction of sp³-hybridized carbons (Fsp3) is 0.360. The maximum Gasteiger partial charge on any atom is 0.410 e. The van der Waals surface area contributed by atoms with E-state index in [0.29, 0.717) is 35.6 Å². The SMILES string of the molecule is CC(C)(C)OC(=O)N1CCC2=CC(=Nc3ccc(F)cc3)/C(=C\N)C[C@]2(C(=O)c2cscn2)C1. The van der Waals surface area contributed by atoms with Crippen molar-refractivity contribution in [3.05, 3.63) is 70.1 Å². The van der Waals surface area contributed by atoms with Crippen LogP contribution in [0.15, 0.2) is 63.6 Å². The zero-order valence-electron chi connectivity index (χ0n) is 19.4. The quantitative estimate of drug-likeness (QED) is 0.618. The van der Waals surface area contributed by atoms with E-state index in [-0.39, 0.29) is 24.6 Å². The number of aromatic nitrogens is 1. The number of allylic oxidation sites excluding steroid dienone is 2. The van der Waals surface area contributed by atoms with Crippen LogP contribution in [0, 0.1) is 11.2 Å². The Morgan fingerprint density at radius 2 is 2.03 bits per heavy atom. The average molecular weight is 483 g/mol. The van der Waals surface area contributed by atoms with Gasteiger partial charge < -0.3 is 15.4 Å². The number of ketones is 1. The van der Waals surface area contributed by atoms with E-state index in [1.165, 1.54) is 29.7 Å². The van der Waals surface area contributed by atoms with Gasteiger partial charge in [0.15, 0.2) is 5.78 Å². The second kappa shape index (κ2) is 9.13. The first-order chi connectivity index (χ1) is 16.1. The van der Waals surface area contributed by atoms with Crippen LogP contribution in [0.2, 0.25) is 0 Å². The van der Waals surface area contributed by atoms with Crippen LogP contribution in [0.5, 0.6) is 0 Å². The second-order valence-electron chi connectivity index (χ2n) is 9.45. The lowest BCUT2D eigenvalue weighted by atomic mass is 9.64. The molecule has 0 saturated carbocycles. The number of aliphatic imine (C=N–C) groups is 1. The third-order valence-corrected chi connectivity index (χ3v) is 6.47. The standard InChI is InChI=1S/C25H27FN4O3S/c1-24(2,3)33-23(32)30-9-8-17-10-20(29-19-6-4-18(26)5-7-19)16(12-27)11-25(17,14-30)22(31)21-13-34-15-28-21/h4-7,10,12-13,15H,8-9,11,14,27H2,1-3H3/b16-12-,29-20?/t25-/m0/s1. The van der Waals surface area contributed by atoms with E-state index in [1.54, 1.807) is 27.9 Å². The number of carbonyl (C=O) groups excluding carboxylic acids is 2. The topological polar surface area (TPSA) is 97.9 Å². The Morgan fingerprint density at radius 1 is 1.29 bits per heavy atom. The predicted octanol–water partition coefficient (Wildman–Crippen LogP) is 5.04. The van der Waals surface area contributed by atoms with Crippen molar-refractivity contribution in [3.8, 4) is 0 Å². The van der Waals surface area contributed by atoms with Crippen molar-refractivity contribution in [1.29, 1.82) is 0 Å². The number of benzene rings is 1. The molecule has 0 radical (unpaired) electrons. The number of hydrogen-bond acceptors (Lipinski definition) is 7. The lowest BCUT2D eigenvalue weighted by Gasteiger charge is -2.46. The minimum atomic E-state index is -1.02. The summed E-state index contributed by atoms with van der Waals surface area (Å²) in [5.74, 6) is -0.503. The summed E-state index contributed by atoms with van der Waals surface area (Å²) in [6.07, 6.45) is 3.61. The monoisotopic (exact) mass is 482 g/mol. The Kier molecular flexibility index (Phi) is 6.40. The number of piperidine rings is 1. The molecule has 1 saturated heterocycles. The van der Waals surface area contributed by atoms with Gasteiger partial charge in [0.2, 0.25) is 0 Å². The Bertz CT molecular complexity index is 1180. The number of hydrogen-bond donors (Lipinski definition) is 1. The normalized spacial score (nSPS) is 22.9. The summed E-state index contributed by atoms with van der Waals surface area (Å²) in [5.41, 5.74) is 9.04.